The van der Waals surface area contributed by atoms with Crippen molar-refractivity contribution in [2.45, 2.75) is 20.0 Å². The largest absolute Gasteiger partial charge is 0.458 e. The van der Waals surface area contributed by atoms with Crippen LogP contribution in [0.25, 0.3) is 11.5 Å². The summed E-state index contributed by atoms with van der Waals surface area (Å²) in [6, 6.07) is 12.6. The molecule has 11 nitrogen and oxygen atoms in total. The van der Waals surface area contributed by atoms with E-state index in [9.17, 15) is 4.79 Å². The molecule has 170 valence electrons. The molecule has 0 saturated heterocycles. The van der Waals surface area contributed by atoms with Gasteiger partial charge in [-0.25, -0.2) is 9.78 Å². The monoisotopic (exact) mass is 448 g/mol. The number of ether oxygens (including phenoxy) is 1. The highest BCUT2D eigenvalue weighted by Crippen LogP contribution is 2.17. The van der Waals surface area contributed by atoms with E-state index in [1.165, 1.54) is 12.3 Å². The van der Waals surface area contributed by atoms with Crippen LogP contribution < -0.4 is 16.4 Å². The summed E-state index contributed by atoms with van der Waals surface area (Å²) in [6.45, 7) is 7.40. The van der Waals surface area contributed by atoms with Crippen LogP contribution in [-0.2, 0) is 4.74 Å². The van der Waals surface area contributed by atoms with Gasteiger partial charge in [0.05, 0.1) is 11.7 Å². The van der Waals surface area contributed by atoms with Crippen molar-refractivity contribution in [3.05, 3.63) is 72.6 Å². The lowest BCUT2D eigenvalue weighted by Crippen LogP contribution is -2.22. The number of hydrogen-bond acceptors (Lipinski definition) is 8. The van der Waals surface area contributed by atoms with Crippen molar-refractivity contribution in [1.29, 1.82) is 0 Å². The van der Waals surface area contributed by atoms with Crippen molar-refractivity contribution in [3.63, 3.8) is 0 Å². The maximum Gasteiger partial charge on any atom is 0.357 e. The van der Waals surface area contributed by atoms with E-state index < -0.39 is 5.97 Å². The second-order valence-electron chi connectivity index (χ2n) is 7.09. The molecule has 0 saturated carbocycles. The number of amidine groups is 1. The van der Waals surface area contributed by atoms with E-state index in [-0.39, 0.29) is 35.3 Å². The van der Waals surface area contributed by atoms with Gasteiger partial charge < -0.3 is 25.6 Å². The number of pyridine rings is 1. The van der Waals surface area contributed by atoms with Crippen LogP contribution in [0.2, 0.25) is 0 Å². The van der Waals surface area contributed by atoms with Gasteiger partial charge in [0.1, 0.15) is 11.5 Å². The van der Waals surface area contributed by atoms with Gasteiger partial charge in [0.25, 0.3) is 5.89 Å². The van der Waals surface area contributed by atoms with E-state index in [1.54, 1.807) is 31.9 Å². The number of para-hydroxylation sites is 1. The molecule has 0 atom stereocenters. The van der Waals surface area contributed by atoms with Gasteiger partial charge >= 0.3 is 5.97 Å². The van der Waals surface area contributed by atoms with Crippen LogP contribution >= 0.6 is 0 Å². The molecule has 0 unspecified atom stereocenters. The van der Waals surface area contributed by atoms with Gasteiger partial charge in [-0.2, -0.15) is 15.0 Å². The van der Waals surface area contributed by atoms with Crippen molar-refractivity contribution >= 4 is 23.5 Å². The predicted octanol–water partition coefficient (Wildman–Crippen LogP) is 2.32. The molecular weight excluding hydrogens is 424 g/mol. The summed E-state index contributed by atoms with van der Waals surface area (Å²) in [7, 11) is 1.80. The summed E-state index contributed by atoms with van der Waals surface area (Å²) in [4.78, 5) is 30.1. The minimum atomic E-state index is -0.520. The minimum Gasteiger partial charge on any atom is -0.458 e. The molecule has 4 N–H and O–H groups in total. The number of anilines is 1. The Kier molecular flexibility index (Phi) is 7.13. The molecule has 0 bridgehead atoms. The van der Waals surface area contributed by atoms with Gasteiger partial charge in [-0.15, -0.1) is 0 Å². The number of hydrogen-bond donors (Lipinski definition) is 2. The molecule has 0 aliphatic rings. The summed E-state index contributed by atoms with van der Waals surface area (Å²) in [5.41, 5.74) is 13.4. The highest BCUT2D eigenvalue weighted by Gasteiger charge is 2.15. The zero-order chi connectivity index (χ0) is 24.0. The molecule has 0 radical (unpaired) electrons. The first-order valence-electron chi connectivity index (χ1n) is 9.92. The van der Waals surface area contributed by atoms with Gasteiger partial charge in [0.2, 0.25) is 11.8 Å². The smallest absolute Gasteiger partial charge is 0.357 e. The lowest BCUT2D eigenvalue weighted by atomic mass is 10.2. The maximum absolute atomic E-state index is 11.9. The van der Waals surface area contributed by atoms with Gasteiger partial charge in [-0.1, -0.05) is 29.9 Å². The fraction of sp³-hybridized carbons (Fsp3) is 0.182. The van der Waals surface area contributed by atoms with Gasteiger partial charge in [-0.05, 0) is 38.1 Å². The molecule has 3 rings (SSSR count). The molecule has 0 aliphatic carbocycles. The molecule has 0 fully saturated rings. The van der Waals surface area contributed by atoms with Crippen LogP contribution in [0.4, 0.5) is 5.69 Å². The van der Waals surface area contributed by atoms with Crippen LogP contribution in [0.1, 0.15) is 30.2 Å². The van der Waals surface area contributed by atoms with E-state index in [0.717, 1.165) is 5.69 Å². The summed E-state index contributed by atoms with van der Waals surface area (Å²) in [5, 5.41) is 3.80. The van der Waals surface area contributed by atoms with Crippen LogP contribution in [0, 0.1) is 0 Å². The van der Waals surface area contributed by atoms with Crippen LogP contribution in [-0.4, -0.2) is 46.0 Å². The number of aliphatic imine (C=N–C) groups is 2. The Balaban J connectivity index is 1.71. The van der Waals surface area contributed by atoms with E-state index in [2.05, 4.69) is 31.7 Å². The molecule has 2 aromatic heterocycles. The fourth-order valence-corrected chi connectivity index (χ4v) is 2.57. The average Bonchev–Trinajstić information content (AvgIpc) is 3.29. The Bertz CT molecular complexity index is 1180. The van der Waals surface area contributed by atoms with E-state index in [4.69, 9.17) is 20.7 Å². The highest BCUT2D eigenvalue weighted by molar-refractivity contribution is 6.02. The van der Waals surface area contributed by atoms with Crippen molar-refractivity contribution in [2.75, 3.05) is 11.9 Å². The second-order valence-corrected chi connectivity index (χ2v) is 7.09. The molecule has 0 spiro atoms. The number of rotatable bonds is 7. The number of guanidine groups is 1. The van der Waals surface area contributed by atoms with E-state index >= 15 is 0 Å². The predicted molar refractivity (Wildman–Crippen MR) is 124 cm³/mol. The molecule has 2 heterocycles. The van der Waals surface area contributed by atoms with Crippen molar-refractivity contribution in [1.82, 2.24) is 15.1 Å². The SMILES string of the molecule is C=C(/N=C(N)\N=C(/N)c1noc(-c2ccc(C(=O)OC(C)C)nc2)n1)N(C)c1ccccc1. The summed E-state index contributed by atoms with van der Waals surface area (Å²) >= 11 is 0. The Labute approximate surface area is 190 Å². The van der Waals surface area contributed by atoms with Crippen molar-refractivity contribution in [2.24, 2.45) is 21.5 Å². The van der Waals surface area contributed by atoms with Gasteiger partial charge in [-0.3, -0.25) is 0 Å². The normalized spacial score (nSPS) is 12.0. The minimum absolute atomic E-state index is 0.0217. The summed E-state index contributed by atoms with van der Waals surface area (Å²) in [6.07, 6.45) is 1.17. The first-order chi connectivity index (χ1) is 15.7. The number of benzene rings is 1. The van der Waals surface area contributed by atoms with Crippen LogP contribution in [0.15, 0.2) is 75.6 Å². The first-order valence-corrected chi connectivity index (χ1v) is 9.92. The molecule has 0 aliphatic heterocycles. The van der Waals surface area contributed by atoms with Crippen LogP contribution in [0.3, 0.4) is 0 Å². The number of carbonyl (C=O) groups excluding carboxylic acids is 1. The highest BCUT2D eigenvalue weighted by atomic mass is 16.5. The quantitative estimate of drug-likeness (QED) is 0.314. The Hall–Kier alpha value is -4.54. The third-order valence-corrected chi connectivity index (χ3v) is 4.23. The first kappa shape index (κ1) is 23.1. The summed E-state index contributed by atoms with van der Waals surface area (Å²) in [5.74, 6) is -0.205. The molecular formula is C22H24N8O3. The zero-order valence-corrected chi connectivity index (χ0v) is 18.5. The maximum atomic E-state index is 11.9. The van der Waals surface area contributed by atoms with Crippen molar-refractivity contribution < 1.29 is 14.1 Å². The Morgan fingerprint density at radius 1 is 1.15 bits per heavy atom. The van der Waals surface area contributed by atoms with Crippen LogP contribution in [0.5, 0.6) is 0 Å². The molecule has 33 heavy (non-hydrogen) atoms. The molecule has 3 aromatic rings. The number of esters is 1. The Morgan fingerprint density at radius 3 is 2.52 bits per heavy atom. The number of aromatic nitrogens is 3. The van der Waals surface area contributed by atoms with Gasteiger partial charge in [0.15, 0.2) is 5.84 Å². The Morgan fingerprint density at radius 2 is 1.88 bits per heavy atom. The number of carbonyl (C=O) groups is 1. The second kappa shape index (κ2) is 10.2. The zero-order valence-electron chi connectivity index (χ0n) is 18.5. The standard InChI is InChI=1S/C22H24N8O3/c1-13(2)32-21(31)17-11-10-15(12-25-17)20-28-19(29-33-20)18(23)27-22(24)26-14(3)30(4)16-8-6-5-7-9-16/h5-13H,3H2,1-2,4H3,(H4,23,24,26,27). The van der Waals surface area contributed by atoms with E-state index in [0.29, 0.717) is 11.4 Å². The third kappa shape index (κ3) is 6.00. The fourth-order valence-electron chi connectivity index (χ4n) is 2.57. The summed E-state index contributed by atoms with van der Waals surface area (Å²) < 4.78 is 10.3. The number of nitrogens with two attached hydrogens (primary N) is 2. The average molecular weight is 448 g/mol. The molecule has 11 heteroatoms. The van der Waals surface area contributed by atoms with E-state index in [1.807, 2.05) is 30.3 Å². The third-order valence-electron chi connectivity index (χ3n) is 4.23. The number of nitrogens with zero attached hydrogens (tertiary/aromatic N) is 6. The lowest BCUT2D eigenvalue weighted by Gasteiger charge is -2.18. The lowest BCUT2D eigenvalue weighted by molar-refractivity contribution is 0.0371. The molecule has 1 aromatic carbocycles. The van der Waals surface area contributed by atoms with Crippen molar-refractivity contribution in [3.8, 4) is 11.5 Å². The topological polar surface area (TPSA) is 158 Å². The molecule has 0 amide bonds. The van der Waals surface area contributed by atoms with Gasteiger partial charge in [0, 0.05) is 18.9 Å².